The highest BCUT2D eigenvalue weighted by Crippen LogP contribution is 2.13. The first-order valence-corrected chi connectivity index (χ1v) is 10.0. The van der Waals surface area contributed by atoms with Crippen LogP contribution in [0.2, 0.25) is 0 Å². The third-order valence-corrected chi connectivity index (χ3v) is 5.07. The van der Waals surface area contributed by atoms with Crippen molar-refractivity contribution in [2.24, 2.45) is 5.92 Å². The molecule has 0 spiro atoms. The Morgan fingerprint density at radius 1 is 0.783 bits per heavy atom. The molecule has 0 radical (unpaired) electrons. The zero-order valence-electron chi connectivity index (χ0n) is 16.1. The minimum Gasteiger partial charge on any atom is -0.340 e. The number of carbonyl (C=O) groups excluding carboxylic acids is 1. The Morgan fingerprint density at radius 3 is 1.83 bits per heavy atom. The standard InChI is InChI=1S/C20H40N2O/c1-18(2)12-10-8-6-5-7-9-11-13-20(23)22-16-14-21(15-17-22)19(3)4/h18-19H,5-17H2,1-4H3. The van der Waals surface area contributed by atoms with Crippen molar-refractivity contribution in [3.05, 3.63) is 0 Å². The van der Waals surface area contributed by atoms with E-state index in [1.165, 1.54) is 44.9 Å². The van der Waals surface area contributed by atoms with Crippen LogP contribution in [0.4, 0.5) is 0 Å². The number of unbranched alkanes of at least 4 members (excludes halogenated alkanes) is 6. The van der Waals surface area contributed by atoms with E-state index in [1.807, 2.05) is 0 Å². The SMILES string of the molecule is CC(C)CCCCCCCCCC(=O)N1CCN(C(C)C)CC1. The third-order valence-electron chi connectivity index (χ3n) is 5.07. The number of hydrogen-bond acceptors (Lipinski definition) is 2. The molecule has 3 heteroatoms. The summed E-state index contributed by atoms with van der Waals surface area (Å²) in [6.07, 6.45) is 11.2. The lowest BCUT2D eigenvalue weighted by Gasteiger charge is -2.37. The van der Waals surface area contributed by atoms with Gasteiger partial charge in [-0.1, -0.05) is 58.8 Å². The maximum Gasteiger partial charge on any atom is 0.222 e. The molecule has 1 fully saturated rings. The van der Waals surface area contributed by atoms with Gasteiger partial charge in [0.25, 0.3) is 0 Å². The van der Waals surface area contributed by atoms with Crippen molar-refractivity contribution < 1.29 is 4.79 Å². The molecule has 0 aromatic rings. The highest BCUT2D eigenvalue weighted by atomic mass is 16.2. The maximum atomic E-state index is 12.2. The highest BCUT2D eigenvalue weighted by Gasteiger charge is 2.21. The Hall–Kier alpha value is -0.570. The summed E-state index contributed by atoms with van der Waals surface area (Å²) in [4.78, 5) is 16.8. The number of amides is 1. The van der Waals surface area contributed by atoms with Crippen LogP contribution < -0.4 is 0 Å². The van der Waals surface area contributed by atoms with Gasteiger partial charge in [0.1, 0.15) is 0 Å². The first-order valence-electron chi connectivity index (χ1n) is 10.0. The van der Waals surface area contributed by atoms with Gasteiger partial charge in [-0.2, -0.15) is 0 Å². The molecule has 0 unspecified atom stereocenters. The van der Waals surface area contributed by atoms with E-state index in [9.17, 15) is 4.79 Å². The largest absolute Gasteiger partial charge is 0.340 e. The summed E-state index contributed by atoms with van der Waals surface area (Å²) in [5, 5.41) is 0. The van der Waals surface area contributed by atoms with Gasteiger partial charge in [-0.15, -0.1) is 0 Å². The second kappa shape index (κ2) is 11.9. The van der Waals surface area contributed by atoms with Gasteiger partial charge in [0, 0.05) is 38.6 Å². The van der Waals surface area contributed by atoms with Gasteiger partial charge in [-0.3, -0.25) is 9.69 Å². The molecule has 1 saturated heterocycles. The Bertz CT molecular complexity index is 307. The van der Waals surface area contributed by atoms with Crippen LogP contribution in [0.25, 0.3) is 0 Å². The van der Waals surface area contributed by atoms with Crippen LogP contribution in [0, 0.1) is 5.92 Å². The quantitative estimate of drug-likeness (QED) is 0.514. The van der Waals surface area contributed by atoms with Crippen LogP contribution in [0.3, 0.4) is 0 Å². The molecule has 1 heterocycles. The van der Waals surface area contributed by atoms with Crippen LogP contribution in [0.15, 0.2) is 0 Å². The molecule has 0 aliphatic carbocycles. The Kier molecular flexibility index (Phi) is 10.6. The Morgan fingerprint density at radius 2 is 1.30 bits per heavy atom. The van der Waals surface area contributed by atoms with Crippen molar-refractivity contribution in [3.63, 3.8) is 0 Å². The fourth-order valence-electron chi connectivity index (χ4n) is 3.36. The lowest BCUT2D eigenvalue weighted by molar-refractivity contribution is -0.133. The summed E-state index contributed by atoms with van der Waals surface area (Å²) in [5.74, 6) is 1.23. The molecular formula is C20H40N2O. The summed E-state index contributed by atoms with van der Waals surface area (Å²) in [7, 11) is 0. The first kappa shape index (κ1) is 20.5. The molecule has 0 bridgehead atoms. The highest BCUT2D eigenvalue weighted by molar-refractivity contribution is 5.76. The number of hydrogen-bond donors (Lipinski definition) is 0. The number of piperazine rings is 1. The van der Waals surface area contributed by atoms with Gasteiger partial charge in [0.2, 0.25) is 5.91 Å². The number of carbonyl (C=O) groups is 1. The van der Waals surface area contributed by atoms with Gasteiger partial charge in [0.05, 0.1) is 0 Å². The van der Waals surface area contributed by atoms with E-state index < -0.39 is 0 Å². The monoisotopic (exact) mass is 324 g/mol. The lowest BCUT2D eigenvalue weighted by Crippen LogP contribution is -2.50. The summed E-state index contributed by atoms with van der Waals surface area (Å²) in [5.41, 5.74) is 0. The molecule has 1 amide bonds. The third kappa shape index (κ3) is 9.34. The van der Waals surface area contributed by atoms with Crippen LogP contribution in [-0.2, 0) is 4.79 Å². The van der Waals surface area contributed by atoms with Crippen LogP contribution >= 0.6 is 0 Å². The molecule has 1 aliphatic rings. The zero-order valence-corrected chi connectivity index (χ0v) is 16.1. The fourth-order valence-corrected chi connectivity index (χ4v) is 3.36. The number of rotatable bonds is 11. The molecule has 0 N–H and O–H groups in total. The molecule has 0 aromatic carbocycles. The first-order chi connectivity index (χ1) is 11.0. The molecule has 1 rings (SSSR count). The van der Waals surface area contributed by atoms with Crippen LogP contribution in [0.1, 0.15) is 85.5 Å². The van der Waals surface area contributed by atoms with Crippen molar-refractivity contribution in [2.45, 2.75) is 91.5 Å². The van der Waals surface area contributed by atoms with Crippen LogP contribution in [-0.4, -0.2) is 47.9 Å². The summed E-state index contributed by atoms with van der Waals surface area (Å²) >= 11 is 0. The van der Waals surface area contributed by atoms with E-state index >= 15 is 0 Å². The van der Waals surface area contributed by atoms with Crippen molar-refractivity contribution in [2.75, 3.05) is 26.2 Å². The maximum absolute atomic E-state index is 12.2. The van der Waals surface area contributed by atoms with E-state index in [0.717, 1.165) is 44.9 Å². The van der Waals surface area contributed by atoms with E-state index in [0.29, 0.717) is 11.9 Å². The number of nitrogens with zero attached hydrogens (tertiary/aromatic N) is 2. The van der Waals surface area contributed by atoms with Crippen molar-refractivity contribution >= 4 is 5.91 Å². The summed E-state index contributed by atoms with van der Waals surface area (Å²) in [6.45, 7) is 13.0. The van der Waals surface area contributed by atoms with Crippen LogP contribution in [0.5, 0.6) is 0 Å². The summed E-state index contributed by atoms with van der Waals surface area (Å²) in [6, 6.07) is 0.604. The average molecular weight is 325 g/mol. The average Bonchev–Trinajstić information content (AvgIpc) is 2.52. The normalized spacial score (nSPS) is 16.5. The predicted molar refractivity (Wildman–Crippen MR) is 99.7 cm³/mol. The smallest absolute Gasteiger partial charge is 0.222 e. The van der Waals surface area contributed by atoms with Crippen molar-refractivity contribution in [1.29, 1.82) is 0 Å². The van der Waals surface area contributed by atoms with Gasteiger partial charge >= 0.3 is 0 Å². The van der Waals surface area contributed by atoms with Crippen molar-refractivity contribution in [3.8, 4) is 0 Å². The minimum absolute atomic E-state index is 0.380. The van der Waals surface area contributed by atoms with E-state index in [-0.39, 0.29) is 0 Å². The molecule has 0 aromatic heterocycles. The molecule has 3 nitrogen and oxygen atoms in total. The minimum atomic E-state index is 0.380. The Balaban J connectivity index is 1.94. The molecule has 23 heavy (non-hydrogen) atoms. The van der Waals surface area contributed by atoms with E-state index in [1.54, 1.807) is 0 Å². The van der Waals surface area contributed by atoms with E-state index in [4.69, 9.17) is 0 Å². The van der Waals surface area contributed by atoms with Gasteiger partial charge < -0.3 is 4.90 Å². The molecular weight excluding hydrogens is 284 g/mol. The molecule has 0 atom stereocenters. The molecule has 1 aliphatic heterocycles. The predicted octanol–water partition coefficient (Wildman–Crippen LogP) is 4.71. The van der Waals surface area contributed by atoms with Gasteiger partial charge in [-0.25, -0.2) is 0 Å². The zero-order chi connectivity index (χ0) is 17.1. The van der Waals surface area contributed by atoms with Gasteiger partial charge in [-0.05, 0) is 26.2 Å². The van der Waals surface area contributed by atoms with Gasteiger partial charge in [0.15, 0.2) is 0 Å². The molecule has 136 valence electrons. The lowest BCUT2D eigenvalue weighted by atomic mass is 10.0. The topological polar surface area (TPSA) is 23.6 Å². The fraction of sp³-hybridized carbons (Fsp3) is 0.950. The second-order valence-corrected chi connectivity index (χ2v) is 7.92. The summed E-state index contributed by atoms with van der Waals surface area (Å²) < 4.78 is 0. The second-order valence-electron chi connectivity index (χ2n) is 7.92. The Labute approximate surface area is 144 Å². The van der Waals surface area contributed by atoms with E-state index in [2.05, 4.69) is 37.5 Å². The molecule has 0 saturated carbocycles. The van der Waals surface area contributed by atoms with Crippen molar-refractivity contribution in [1.82, 2.24) is 9.80 Å².